The van der Waals surface area contributed by atoms with Gasteiger partial charge in [-0.1, -0.05) is 5.16 Å². The van der Waals surface area contributed by atoms with Crippen molar-refractivity contribution in [3.8, 4) is 0 Å². The van der Waals surface area contributed by atoms with E-state index in [4.69, 9.17) is 10.6 Å². The predicted molar refractivity (Wildman–Crippen MR) is 53.0 cm³/mol. The summed E-state index contributed by atoms with van der Waals surface area (Å²) in [4.78, 5) is 9.24. The van der Waals surface area contributed by atoms with Crippen LogP contribution in [0.15, 0.2) is 17.7 Å². The van der Waals surface area contributed by atoms with Gasteiger partial charge in [0.15, 0.2) is 0 Å². The third-order valence-corrected chi connectivity index (χ3v) is 2.34. The van der Waals surface area contributed by atoms with Crippen LogP contribution in [0.25, 0.3) is 0 Å². The molecule has 0 fully saturated rings. The maximum Gasteiger partial charge on any atom is 0.145 e. The van der Waals surface area contributed by atoms with E-state index in [0.29, 0.717) is 6.54 Å². The van der Waals surface area contributed by atoms with Gasteiger partial charge in [0.2, 0.25) is 0 Å². The summed E-state index contributed by atoms with van der Waals surface area (Å²) in [5, 5.41) is 4.01. The zero-order valence-corrected chi connectivity index (χ0v) is 8.18. The van der Waals surface area contributed by atoms with Gasteiger partial charge >= 0.3 is 0 Å². The lowest BCUT2D eigenvalue weighted by Crippen LogP contribution is -2.20. The SMILES string of the molecule is CCn1cncc1C1=NOC(CN)C1. The number of nitrogens with zero attached hydrogens (tertiary/aromatic N) is 3. The first-order valence-corrected chi connectivity index (χ1v) is 4.78. The number of oxime groups is 1. The lowest BCUT2D eigenvalue weighted by Gasteiger charge is -2.03. The predicted octanol–water partition coefficient (Wildman–Crippen LogP) is 0.355. The molecule has 1 atom stereocenters. The zero-order valence-electron chi connectivity index (χ0n) is 8.18. The van der Waals surface area contributed by atoms with E-state index in [2.05, 4.69) is 17.1 Å². The van der Waals surface area contributed by atoms with Gasteiger partial charge in [0.1, 0.15) is 11.8 Å². The Morgan fingerprint density at radius 2 is 2.57 bits per heavy atom. The van der Waals surface area contributed by atoms with E-state index in [1.807, 2.05) is 10.8 Å². The molecule has 2 heterocycles. The Labute approximate surface area is 82.6 Å². The maximum absolute atomic E-state index is 5.50. The summed E-state index contributed by atoms with van der Waals surface area (Å²) in [6.45, 7) is 3.47. The zero-order chi connectivity index (χ0) is 9.97. The van der Waals surface area contributed by atoms with E-state index in [0.717, 1.165) is 24.4 Å². The molecule has 2 rings (SSSR count). The van der Waals surface area contributed by atoms with E-state index >= 15 is 0 Å². The van der Waals surface area contributed by atoms with Gasteiger partial charge in [0.25, 0.3) is 0 Å². The van der Waals surface area contributed by atoms with Crippen LogP contribution in [-0.4, -0.2) is 27.9 Å². The molecule has 0 radical (unpaired) electrons. The number of imidazole rings is 1. The van der Waals surface area contributed by atoms with Gasteiger partial charge in [0, 0.05) is 19.5 Å². The summed E-state index contributed by atoms with van der Waals surface area (Å²) >= 11 is 0. The molecule has 5 nitrogen and oxygen atoms in total. The van der Waals surface area contributed by atoms with Crippen LogP contribution >= 0.6 is 0 Å². The van der Waals surface area contributed by atoms with Crippen LogP contribution in [0.4, 0.5) is 0 Å². The smallest absolute Gasteiger partial charge is 0.145 e. The number of aryl methyl sites for hydroxylation is 1. The molecule has 2 N–H and O–H groups in total. The molecule has 0 aromatic carbocycles. The number of aromatic nitrogens is 2. The van der Waals surface area contributed by atoms with Gasteiger partial charge in [-0.15, -0.1) is 0 Å². The molecule has 1 aromatic rings. The Kier molecular flexibility index (Phi) is 2.49. The number of hydrogen-bond acceptors (Lipinski definition) is 4. The molecular formula is C9H14N4O. The molecular weight excluding hydrogens is 180 g/mol. The third-order valence-electron chi connectivity index (χ3n) is 2.34. The van der Waals surface area contributed by atoms with Crippen LogP contribution in [0.1, 0.15) is 19.0 Å². The van der Waals surface area contributed by atoms with E-state index in [1.54, 1.807) is 6.33 Å². The average molecular weight is 194 g/mol. The summed E-state index contributed by atoms with van der Waals surface area (Å²) in [6, 6.07) is 0. The highest BCUT2D eigenvalue weighted by molar-refractivity contribution is 5.99. The molecule has 0 saturated heterocycles. The van der Waals surface area contributed by atoms with E-state index in [1.165, 1.54) is 0 Å². The quantitative estimate of drug-likeness (QED) is 0.755. The van der Waals surface area contributed by atoms with Gasteiger partial charge in [-0.25, -0.2) is 4.98 Å². The second kappa shape index (κ2) is 3.79. The van der Waals surface area contributed by atoms with Crippen LogP contribution in [0.2, 0.25) is 0 Å². The van der Waals surface area contributed by atoms with Crippen molar-refractivity contribution in [2.75, 3.05) is 6.54 Å². The Balaban J connectivity index is 2.17. The first-order valence-electron chi connectivity index (χ1n) is 4.78. The molecule has 0 amide bonds. The third kappa shape index (κ3) is 1.50. The Hall–Kier alpha value is -1.36. The van der Waals surface area contributed by atoms with Crippen molar-refractivity contribution in [3.05, 3.63) is 18.2 Å². The van der Waals surface area contributed by atoms with Gasteiger partial charge < -0.3 is 15.1 Å². The maximum atomic E-state index is 5.50. The minimum Gasteiger partial charge on any atom is -0.390 e. The molecule has 1 aliphatic heterocycles. The highest BCUT2D eigenvalue weighted by atomic mass is 16.6. The summed E-state index contributed by atoms with van der Waals surface area (Å²) in [7, 11) is 0. The highest BCUT2D eigenvalue weighted by Gasteiger charge is 2.22. The highest BCUT2D eigenvalue weighted by Crippen LogP contribution is 2.15. The van der Waals surface area contributed by atoms with E-state index in [9.17, 15) is 0 Å². The molecule has 14 heavy (non-hydrogen) atoms. The van der Waals surface area contributed by atoms with Crippen molar-refractivity contribution in [2.24, 2.45) is 10.9 Å². The Morgan fingerprint density at radius 3 is 3.21 bits per heavy atom. The van der Waals surface area contributed by atoms with Gasteiger partial charge in [0.05, 0.1) is 18.2 Å². The molecule has 1 aliphatic rings. The fourth-order valence-electron chi connectivity index (χ4n) is 1.52. The normalized spacial score (nSPS) is 20.7. The van der Waals surface area contributed by atoms with Crippen molar-refractivity contribution < 1.29 is 4.84 Å². The topological polar surface area (TPSA) is 65.4 Å². The lowest BCUT2D eigenvalue weighted by atomic mass is 10.1. The number of nitrogens with two attached hydrogens (primary N) is 1. The van der Waals surface area contributed by atoms with Crippen molar-refractivity contribution in [3.63, 3.8) is 0 Å². The fraction of sp³-hybridized carbons (Fsp3) is 0.556. The van der Waals surface area contributed by atoms with Gasteiger partial charge in [-0.05, 0) is 6.92 Å². The second-order valence-electron chi connectivity index (χ2n) is 3.27. The number of hydrogen-bond donors (Lipinski definition) is 1. The van der Waals surface area contributed by atoms with E-state index in [-0.39, 0.29) is 6.10 Å². The number of rotatable bonds is 3. The molecule has 5 heteroatoms. The van der Waals surface area contributed by atoms with Crippen LogP contribution in [0.3, 0.4) is 0 Å². The van der Waals surface area contributed by atoms with Crippen LogP contribution in [0.5, 0.6) is 0 Å². The van der Waals surface area contributed by atoms with Crippen LogP contribution < -0.4 is 5.73 Å². The fourth-order valence-corrected chi connectivity index (χ4v) is 1.52. The van der Waals surface area contributed by atoms with Crippen LogP contribution in [-0.2, 0) is 11.4 Å². The summed E-state index contributed by atoms with van der Waals surface area (Å²) in [6.07, 6.45) is 4.42. The largest absolute Gasteiger partial charge is 0.390 e. The molecule has 1 unspecified atom stereocenters. The summed E-state index contributed by atoms with van der Waals surface area (Å²) < 4.78 is 2.04. The first-order chi connectivity index (χ1) is 6.85. The van der Waals surface area contributed by atoms with Crippen molar-refractivity contribution in [1.29, 1.82) is 0 Å². The summed E-state index contributed by atoms with van der Waals surface area (Å²) in [5.41, 5.74) is 7.47. The minimum absolute atomic E-state index is 0.0326. The van der Waals surface area contributed by atoms with Crippen molar-refractivity contribution in [2.45, 2.75) is 26.0 Å². The average Bonchev–Trinajstić information content (AvgIpc) is 2.85. The minimum atomic E-state index is 0.0326. The molecule has 0 aliphatic carbocycles. The molecule has 0 bridgehead atoms. The van der Waals surface area contributed by atoms with E-state index < -0.39 is 0 Å². The monoisotopic (exact) mass is 194 g/mol. The Morgan fingerprint density at radius 1 is 1.71 bits per heavy atom. The van der Waals surface area contributed by atoms with Crippen LogP contribution in [0, 0.1) is 0 Å². The van der Waals surface area contributed by atoms with Crippen molar-refractivity contribution in [1.82, 2.24) is 9.55 Å². The Bertz CT molecular complexity index is 344. The van der Waals surface area contributed by atoms with Gasteiger partial charge in [-0.3, -0.25) is 0 Å². The summed E-state index contributed by atoms with van der Waals surface area (Å²) in [5.74, 6) is 0. The molecule has 0 saturated carbocycles. The van der Waals surface area contributed by atoms with Gasteiger partial charge in [-0.2, -0.15) is 0 Å². The van der Waals surface area contributed by atoms with Crippen molar-refractivity contribution >= 4 is 5.71 Å². The lowest BCUT2D eigenvalue weighted by molar-refractivity contribution is 0.0918. The standard InChI is InChI=1S/C9H14N4O/c1-2-13-6-11-5-9(13)8-3-7(4-10)14-12-8/h5-7H,2-4,10H2,1H3. The molecule has 1 aromatic heterocycles. The molecule has 0 spiro atoms. The first kappa shape index (κ1) is 9.21. The molecule has 76 valence electrons. The second-order valence-corrected chi connectivity index (χ2v) is 3.27.